The molecular weight excluding hydrogens is 375 g/mol. The SMILES string of the molecule is O=c1c(Cl)c(NCC2(CO)COC2)cnn1-c1cccc(C(F)(F)F)c1. The lowest BCUT2D eigenvalue weighted by Crippen LogP contribution is -2.50. The van der Waals surface area contributed by atoms with Crippen LogP contribution in [0, 0.1) is 5.41 Å². The number of aromatic nitrogens is 2. The summed E-state index contributed by atoms with van der Waals surface area (Å²) in [5.41, 5.74) is -1.90. The molecule has 2 N–H and O–H groups in total. The monoisotopic (exact) mass is 389 g/mol. The first kappa shape index (κ1) is 18.7. The minimum absolute atomic E-state index is 0.0440. The number of anilines is 1. The smallest absolute Gasteiger partial charge is 0.396 e. The number of rotatable bonds is 5. The van der Waals surface area contributed by atoms with Crippen LogP contribution in [0.1, 0.15) is 5.56 Å². The molecule has 2 aromatic rings. The van der Waals surface area contributed by atoms with Crippen LogP contribution in [0.15, 0.2) is 35.3 Å². The van der Waals surface area contributed by atoms with Crippen LogP contribution >= 0.6 is 11.6 Å². The van der Waals surface area contributed by atoms with Crippen LogP contribution in [0.5, 0.6) is 0 Å². The molecule has 1 aliphatic rings. The van der Waals surface area contributed by atoms with E-state index < -0.39 is 22.7 Å². The zero-order chi connectivity index (χ0) is 18.9. The van der Waals surface area contributed by atoms with Gasteiger partial charge in [0.05, 0.1) is 48.4 Å². The van der Waals surface area contributed by atoms with Crippen molar-refractivity contribution in [3.05, 3.63) is 51.4 Å². The van der Waals surface area contributed by atoms with Crippen LogP contribution in [0.2, 0.25) is 5.02 Å². The van der Waals surface area contributed by atoms with E-state index >= 15 is 0 Å². The van der Waals surface area contributed by atoms with Crippen molar-refractivity contribution in [3.8, 4) is 5.69 Å². The molecule has 26 heavy (non-hydrogen) atoms. The molecule has 1 aliphatic heterocycles. The maximum Gasteiger partial charge on any atom is 0.416 e. The van der Waals surface area contributed by atoms with Crippen molar-refractivity contribution in [3.63, 3.8) is 0 Å². The number of hydrogen-bond donors (Lipinski definition) is 2. The van der Waals surface area contributed by atoms with E-state index in [0.29, 0.717) is 19.8 Å². The molecule has 6 nitrogen and oxygen atoms in total. The number of aliphatic hydroxyl groups is 1. The molecule has 140 valence electrons. The Morgan fingerprint density at radius 2 is 2.12 bits per heavy atom. The van der Waals surface area contributed by atoms with Crippen LogP contribution in [-0.4, -0.2) is 41.3 Å². The Morgan fingerprint density at radius 1 is 1.38 bits per heavy atom. The molecule has 0 radical (unpaired) electrons. The molecule has 0 aliphatic carbocycles. The summed E-state index contributed by atoms with van der Waals surface area (Å²) in [6, 6.07) is 4.25. The molecule has 0 bridgehead atoms. The van der Waals surface area contributed by atoms with E-state index in [-0.39, 0.29) is 23.0 Å². The highest BCUT2D eigenvalue weighted by Gasteiger charge is 2.38. The fraction of sp³-hybridized carbons (Fsp3) is 0.375. The quantitative estimate of drug-likeness (QED) is 0.820. The second-order valence-electron chi connectivity index (χ2n) is 6.14. The summed E-state index contributed by atoms with van der Waals surface area (Å²) in [5.74, 6) is 0. The van der Waals surface area contributed by atoms with E-state index in [4.69, 9.17) is 16.3 Å². The summed E-state index contributed by atoms with van der Waals surface area (Å²) >= 11 is 6.06. The summed E-state index contributed by atoms with van der Waals surface area (Å²) in [4.78, 5) is 12.4. The maximum atomic E-state index is 12.8. The van der Waals surface area contributed by atoms with Gasteiger partial charge in [-0.25, -0.2) is 0 Å². The molecule has 2 heterocycles. The van der Waals surface area contributed by atoms with Crippen molar-refractivity contribution in [2.75, 3.05) is 31.7 Å². The second-order valence-corrected chi connectivity index (χ2v) is 6.52. The molecule has 0 saturated carbocycles. The average Bonchev–Trinajstić information content (AvgIpc) is 2.57. The largest absolute Gasteiger partial charge is 0.416 e. The van der Waals surface area contributed by atoms with E-state index in [1.54, 1.807) is 0 Å². The van der Waals surface area contributed by atoms with Crippen molar-refractivity contribution in [1.29, 1.82) is 0 Å². The van der Waals surface area contributed by atoms with Gasteiger partial charge in [-0.1, -0.05) is 17.7 Å². The van der Waals surface area contributed by atoms with Crippen molar-refractivity contribution in [1.82, 2.24) is 9.78 Å². The molecule has 1 fully saturated rings. The number of nitrogens with zero attached hydrogens (tertiary/aromatic N) is 2. The first-order valence-corrected chi connectivity index (χ1v) is 8.01. The van der Waals surface area contributed by atoms with Crippen molar-refractivity contribution in [2.24, 2.45) is 5.41 Å². The number of hydrogen-bond acceptors (Lipinski definition) is 5. The van der Waals surface area contributed by atoms with E-state index in [0.717, 1.165) is 16.8 Å². The van der Waals surface area contributed by atoms with Crippen LogP contribution in [0.25, 0.3) is 5.69 Å². The maximum absolute atomic E-state index is 12.8. The highest BCUT2D eigenvalue weighted by molar-refractivity contribution is 6.32. The fourth-order valence-electron chi connectivity index (χ4n) is 2.48. The molecule has 1 aromatic heterocycles. The van der Waals surface area contributed by atoms with Crippen LogP contribution in [0.3, 0.4) is 0 Å². The molecule has 0 unspecified atom stereocenters. The normalized spacial score (nSPS) is 16.2. The summed E-state index contributed by atoms with van der Waals surface area (Å²) in [6.45, 7) is 0.982. The van der Waals surface area contributed by atoms with Gasteiger partial charge in [0.25, 0.3) is 5.56 Å². The number of benzene rings is 1. The van der Waals surface area contributed by atoms with Gasteiger partial charge in [-0.3, -0.25) is 4.79 Å². The van der Waals surface area contributed by atoms with Gasteiger partial charge in [-0.15, -0.1) is 0 Å². The van der Waals surface area contributed by atoms with Gasteiger partial charge >= 0.3 is 6.18 Å². The third-order valence-electron chi connectivity index (χ3n) is 4.14. The van der Waals surface area contributed by atoms with Crippen LogP contribution in [-0.2, 0) is 10.9 Å². The molecule has 0 spiro atoms. The van der Waals surface area contributed by atoms with E-state index in [9.17, 15) is 23.1 Å². The lowest BCUT2D eigenvalue weighted by molar-refractivity contribution is -0.137. The van der Waals surface area contributed by atoms with Gasteiger partial charge in [-0.05, 0) is 18.2 Å². The Bertz CT molecular complexity index is 860. The average molecular weight is 390 g/mol. The third-order valence-corrected chi connectivity index (χ3v) is 4.51. The Balaban J connectivity index is 1.87. The van der Waals surface area contributed by atoms with Crippen molar-refractivity contribution in [2.45, 2.75) is 6.18 Å². The lowest BCUT2D eigenvalue weighted by Gasteiger charge is -2.40. The number of aliphatic hydroxyl groups excluding tert-OH is 1. The zero-order valence-corrected chi connectivity index (χ0v) is 14.1. The Labute approximate surface area is 151 Å². The summed E-state index contributed by atoms with van der Waals surface area (Å²) in [7, 11) is 0. The Morgan fingerprint density at radius 3 is 2.69 bits per heavy atom. The molecule has 1 saturated heterocycles. The van der Waals surface area contributed by atoms with E-state index in [2.05, 4.69) is 10.4 Å². The summed E-state index contributed by atoms with van der Waals surface area (Å²) < 4.78 is 44.4. The number of alkyl halides is 3. The molecule has 0 atom stereocenters. The van der Waals surface area contributed by atoms with Gasteiger partial charge < -0.3 is 15.2 Å². The fourth-order valence-corrected chi connectivity index (χ4v) is 2.67. The van der Waals surface area contributed by atoms with Crippen LogP contribution < -0.4 is 10.9 Å². The Hall–Kier alpha value is -2.10. The predicted octanol–water partition coefficient (Wildman–Crippen LogP) is 2.33. The topological polar surface area (TPSA) is 76.4 Å². The van der Waals surface area contributed by atoms with Gasteiger partial charge in [0.1, 0.15) is 5.02 Å². The summed E-state index contributed by atoms with van der Waals surface area (Å²) in [5, 5.41) is 16.0. The molecular formula is C16H15ClF3N3O3. The van der Waals surface area contributed by atoms with Gasteiger partial charge in [0, 0.05) is 6.54 Å². The second kappa shape index (κ2) is 6.90. The minimum Gasteiger partial charge on any atom is -0.396 e. The van der Waals surface area contributed by atoms with Crippen LogP contribution in [0.4, 0.5) is 18.9 Å². The number of ether oxygens (including phenoxy) is 1. The molecule has 3 rings (SSSR count). The molecule has 0 amide bonds. The summed E-state index contributed by atoms with van der Waals surface area (Å²) in [6.07, 6.45) is -3.27. The van der Waals surface area contributed by atoms with Gasteiger partial charge in [-0.2, -0.15) is 23.0 Å². The van der Waals surface area contributed by atoms with Crippen molar-refractivity contribution < 1.29 is 23.0 Å². The minimum atomic E-state index is -4.53. The Kier molecular flexibility index (Phi) is 4.96. The van der Waals surface area contributed by atoms with E-state index in [1.165, 1.54) is 18.3 Å². The number of halogens is 4. The van der Waals surface area contributed by atoms with Gasteiger partial charge in [0.2, 0.25) is 0 Å². The third kappa shape index (κ3) is 3.55. The highest BCUT2D eigenvalue weighted by Crippen LogP contribution is 2.30. The number of nitrogens with one attached hydrogen (secondary N) is 1. The molecule has 10 heteroatoms. The standard InChI is InChI=1S/C16H15ClF3N3O3/c17-13-12(21-6-15(7-24)8-26-9-15)5-22-23(14(13)25)11-3-1-2-10(4-11)16(18,19)20/h1-5,21,24H,6-9H2. The van der Waals surface area contributed by atoms with Crippen molar-refractivity contribution >= 4 is 17.3 Å². The van der Waals surface area contributed by atoms with E-state index in [1.807, 2.05) is 0 Å². The lowest BCUT2D eigenvalue weighted by atomic mass is 9.87. The predicted molar refractivity (Wildman–Crippen MR) is 88.7 cm³/mol. The first-order valence-electron chi connectivity index (χ1n) is 7.64. The highest BCUT2D eigenvalue weighted by atomic mass is 35.5. The first-order chi connectivity index (χ1) is 12.3. The molecule has 1 aromatic carbocycles. The zero-order valence-electron chi connectivity index (χ0n) is 13.4. The van der Waals surface area contributed by atoms with Gasteiger partial charge in [0.15, 0.2) is 0 Å².